The van der Waals surface area contributed by atoms with E-state index in [0.29, 0.717) is 18.1 Å². The van der Waals surface area contributed by atoms with Gasteiger partial charge in [0, 0.05) is 17.0 Å². The summed E-state index contributed by atoms with van der Waals surface area (Å²) in [5, 5.41) is 14.7. The van der Waals surface area contributed by atoms with Gasteiger partial charge in [0.1, 0.15) is 5.69 Å². The summed E-state index contributed by atoms with van der Waals surface area (Å²) in [6, 6.07) is 9.54. The van der Waals surface area contributed by atoms with E-state index in [1.54, 1.807) is 22.5 Å². The van der Waals surface area contributed by atoms with Crippen LogP contribution >= 0.6 is 11.8 Å². The largest absolute Gasteiger partial charge is 0.403 e. The minimum Gasteiger partial charge on any atom is -0.403 e. The van der Waals surface area contributed by atoms with E-state index in [-0.39, 0.29) is 11.9 Å². The Labute approximate surface area is 143 Å². The minimum absolute atomic E-state index is 0.0606. The number of aromatic nitrogens is 4. The average Bonchev–Trinajstić information content (AvgIpc) is 3.21. The molecule has 1 aromatic carbocycles. The van der Waals surface area contributed by atoms with Crippen LogP contribution in [0.1, 0.15) is 23.1 Å². The summed E-state index contributed by atoms with van der Waals surface area (Å²) >= 11 is 1.66. The van der Waals surface area contributed by atoms with Crippen molar-refractivity contribution in [1.29, 1.82) is 0 Å². The second-order valence-electron chi connectivity index (χ2n) is 5.08. The summed E-state index contributed by atoms with van der Waals surface area (Å²) in [5.41, 5.74) is 2.04. The molecule has 3 rings (SSSR count). The highest BCUT2D eigenvalue weighted by molar-refractivity contribution is 7.98. The molecule has 1 N–H and O–H groups in total. The third-order valence-corrected chi connectivity index (χ3v) is 4.16. The first-order chi connectivity index (χ1) is 11.6. The molecule has 0 saturated heterocycles. The van der Waals surface area contributed by atoms with E-state index in [4.69, 9.17) is 4.42 Å². The smallest absolute Gasteiger partial charge is 0.322 e. The molecule has 0 radical (unpaired) electrons. The molecule has 8 heteroatoms. The first-order valence-corrected chi connectivity index (χ1v) is 8.67. The maximum absolute atomic E-state index is 12.3. The topological polar surface area (TPSA) is 85.8 Å². The number of nitrogens with zero attached hydrogens (tertiary/aromatic N) is 4. The highest BCUT2D eigenvalue weighted by atomic mass is 32.2. The Kier molecular flexibility index (Phi) is 4.66. The first-order valence-electron chi connectivity index (χ1n) is 7.44. The van der Waals surface area contributed by atoms with Gasteiger partial charge in [0.25, 0.3) is 5.91 Å². The SMILES string of the molecule is CCn1nc(C)cc1C(=O)Nc1nnc(-c2ccc(SC)cc2)o1. The third kappa shape index (κ3) is 3.33. The Hall–Kier alpha value is -2.61. The fraction of sp³-hybridized carbons (Fsp3) is 0.250. The highest BCUT2D eigenvalue weighted by Crippen LogP contribution is 2.23. The van der Waals surface area contributed by atoms with Gasteiger partial charge in [0.15, 0.2) is 0 Å². The van der Waals surface area contributed by atoms with Crippen LogP contribution in [0.2, 0.25) is 0 Å². The summed E-state index contributed by atoms with van der Waals surface area (Å²) in [7, 11) is 0. The van der Waals surface area contributed by atoms with Gasteiger partial charge in [-0.2, -0.15) is 5.10 Å². The second kappa shape index (κ2) is 6.88. The van der Waals surface area contributed by atoms with Gasteiger partial charge < -0.3 is 4.42 Å². The molecule has 0 saturated carbocycles. The number of benzene rings is 1. The molecule has 2 heterocycles. The van der Waals surface area contributed by atoms with Crippen LogP contribution in [0.4, 0.5) is 6.01 Å². The van der Waals surface area contributed by atoms with E-state index < -0.39 is 0 Å². The van der Waals surface area contributed by atoms with Crippen molar-refractivity contribution >= 4 is 23.7 Å². The molecule has 124 valence electrons. The van der Waals surface area contributed by atoms with Crippen molar-refractivity contribution in [2.24, 2.45) is 0 Å². The standard InChI is InChI=1S/C16H17N5O2S/c1-4-21-13(9-10(2)20-21)14(22)17-16-19-18-15(23-16)11-5-7-12(24-3)8-6-11/h5-9H,4H2,1-3H3,(H,17,19,22). The van der Waals surface area contributed by atoms with E-state index in [1.165, 1.54) is 0 Å². The normalized spacial score (nSPS) is 10.8. The van der Waals surface area contributed by atoms with Crippen LogP contribution in [0.15, 0.2) is 39.6 Å². The lowest BCUT2D eigenvalue weighted by atomic mass is 10.2. The summed E-state index contributed by atoms with van der Waals surface area (Å²) in [4.78, 5) is 13.5. The molecule has 0 bridgehead atoms. The molecule has 1 amide bonds. The molecule has 0 spiro atoms. The molecule has 0 atom stereocenters. The van der Waals surface area contributed by atoms with Gasteiger partial charge in [-0.25, -0.2) is 0 Å². The first kappa shape index (κ1) is 16.3. The predicted molar refractivity (Wildman–Crippen MR) is 92.1 cm³/mol. The van der Waals surface area contributed by atoms with Crippen LogP contribution in [0, 0.1) is 6.92 Å². The number of thioether (sulfide) groups is 1. The Morgan fingerprint density at radius 3 is 2.71 bits per heavy atom. The lowest BCUT2D eigenvalue weighted by molar-refractivity contribution is 0.101. The zero-order valence-electron chi connectivity index (χ0n) is 13.6. The monoisotopic (exact) mass is 343 g/mol. The van der Waals surface area contributed by atoms with Gasteiger partial charge in [-0.05, 0) is 50.4 Å². The van der Waals surface area contributed by atoms with Crippen LogP contribution in [0.3, 0.4) is 0 Å². The number of anilines is 1. The zero-order valence-corrected chi connectivity index (χ0v) is 14.4. The van der Waals surface area contributed by atoms with Gasteiger partial charge in [-0.15, -0.1) is 16.9 Å². The van der Waals surface area contributed by atoms with Crippen molar-refractivity contribution in [3.05, 3.63) is 41.7 Å². The number of hydrogen-bond donors (Lipinski definition) is 1. The maximum atomic E-state index is 12.3. The van der Waals surface area contributed by atoms with Crippen molar-refractivity contribution < 1.29 is 9.21 Å². The van der Waals surface area contributed by atoms with Crippen molar-refractivity contribution in [1.82, 2.24) is 20.0 Å². The fourth-order valence-electron chi connectivity index (χ4n) is 2.25. The summed E-state index contributed by atoms with van der Waals surface area (Å²) < 4.78 is 7.15. The molecule has 0 unspecified atom stereocenters. The maximum Gasteiger partial charge on any atom is 0.322 e. The lowest BCUT2D eigenvalue weighted by Gasteiger charge is -2.02. The van der Waals surface area contributed by atoms with Gasteiger partial charge >= 0.3 is 6.01 Å². The fourth-order valence-corrected chi connectivity index (χ4v) is 2.66. The average molecular weight is 343 g/mol. The van der Waals surface area contributed by atoms with Crippen molar-refractivity contribution in [3.63, 3.8) is 0 Å². The van der Waals surface area contributed by atoms with Gasteiger partial charge in [0.2, 0.25) is 5.89 Å². The number of carbonyl (C=O) groups excluding carboxylic acids is 1. The van der Waals surface area contributed by atoms with Gasteiger partial charge in [-0.3, -0.25) is 14.8 Å². The number of carbonyl (C=O) groups is 1. The van der Waals surface area contributed by atoms with Crippen LogP contribution in [-0.2, 0) is 6.54 Å². The Morgan fingerprint density at radius 2 is 2.04 bits per heavy atom. The Morgan fingerprint density at radius 1 is 1.29 bits per heavy atom. The molecular formula is C16H17N5O2S. The number of rotatable bonds is 5. The number of hydrogen-bond acceptors (Lipinski definition) is 6. The van der Waals surface area contributed by atoms with Crippen LogP contribution < -0.4 is 5.32 Å². The molecule has 2 aromatic heterocycles. The second-order valence-corrected chi connectivity index (χ2v) is 5.96. The summed E-state index contributed by atoms with van der Waals surface area (Å²) in [5.74, 6) is 0.0310. The van der Waals surface area contributed by atoms with Crippen molar-refractivity contribution in [3.8, 4) is 11.5 Å². The quantitative estimate of drug-likeness (QED) is 0.716. The van der Waals surface area contributed by atoms with E-state index in [2.05, 4.69) is 20.6 Å². The van der Waals surface area contributed by atoms with Gasteiger partial charge in [-0.1, -0.05) is 5.10 Å². The van der Waals surface area contributed by atoms with Crippen LogP contribution in [-0.4, -0.2) is 32.1 Å². The van der Waals surface area contributed by atoms with Crippen molar-refractivity contribution in [2.75, 3.05) is 11.6 Å². The molecule has 0 aliphatic carbocycles. The summed E-state index contributed by atoms with van der Waals surface area (Å²) in [6.07, 6.45) is 2.01. The lowest BCUT2D eigenvalue weighted by Crippen LogP contribution is -2.17. The zero-order chi connectivity index (χ0) is 17.1. The Bertz CT molecular complexity index is 854. The molecule has 24 heavy (non-hydrogen) atoms. The molecule has 0 aliphatic rings. The molecule has 7 nitrogen and oxygen atoms in total. The van der Waals surface area contributed by atoms with Crippen LogP contribution in [0.25, 0.3) is 11.5 Å². The number of aryl methyl sites for hydroxylation is 2. The predicted octanol–water partition coefficient (Wildman–Crippen LogP) is 3.24. The third-order valence-electron chi connectivity index (χ3n) is 3.42. The highest BCUT2D eigenvalue weighted by Gasteiger charge is 2.16. The Balaban J connectivity index is 1.76. The molecule has 0 fully saturated rings. The van der Waals surface area contributed by atoms with E-state index in [1.807, 2.05) is 44.4 Å². The molecular weight excluding hydrogens is 326 g/mol. The van der Waals surface area contributed by atoms with E-state index in [9.17, 15) is 4.79 Å². The van der Waals surface area contributed by atoms with E-state index in [0.717, 1.165) is 16.2 Å². The minimum atomic E-state index is -0.328. The van der Waals surface area contributed by atoms with E-state index >= 15 is 0 Å². The number of nitrogens with one attached hydrogen (secondary N) is 1. The van der Waals surface area contributed by atoms with Gasteiger partial charge in [0.05, 0.1) is 5.69 Å². The molecule has 3 aromatic rings. The summed E-state index contributed by atoms with van der Waals surface area (Å²) in [6.45, 7) is 4.37. The number of amides is 1. The molecule has 0 aliphatic heterocycles. The van der Waals surface area contributed by atoms with Crippen LogP contribution in [0.5, 0.6) is 0 Å². The van der Waals surface area contributed by atoms with Crippen molar-refractivity contribution in [2.45, 2.75) is 25.3 Å².